The molecule has 3 rings (SSSR count). The third-order valence-corrected chi connectivity index (χ3v) is 4.29. The zero-order chi connectivity index (χ0) is 18.0. The molecule has 0 unspecified atom stereocenters. The standard InChI is InChI=1S/C20H23N3O2/c1-13-4-6-18(7-5-13)23-12-17(11-19(23)24)22-20(25)21-16-9-14(2)8-15(3)10-16/h4-10,17H,11-12H2,1-3H3,(H2,21,22,25)/t17-/m0/s1. The predicted octanol–water partition coefficient (Wildman–Crippen LogP) is 3.54. The average molecular weight is 337 g/mol. The van der Waals surface area contributed by atoms with Crippen LogP contribution in [0.15, 0.2) is 42.5 Å². The number of carbonyl (C=O) groups excluding carboxylic acids is 2. The Morgan fingerprint density at radius 3 is 2.28 bits per heavy atom. The number of nitrogens with one attached hydrogen (secondary N) is 2. The van der Waals surface area contributed by atoms with Gasteiger partial charge in [0, 0.05) is 24.3 Å². The van der Waals surface area contributed by atoms with E-state index in [1.807, 2.05) is 57.2 Å². The van der Waals surface area contributed by atoms with E-state index in [-0.39, 0.29) is 18.0 Å². The van der Waals surface area contributed by atoms with Gasteiger partial charge in [-0.1, -0.05) is 23.8 Å². The Bertz CT molecular complexity index is 779. The summed E-state index contributed by atoms with van der Waals surface area (Å²) in [5.74, 6) is 0.0283. The normalized spacial score (nSPS) is 16.8. The minimum atomic E-state index is -0.284. The second kappa shape index (κ2) is 6.97. The lowest BCUT2D eigenvalue weighted by molar-refractivity contribution is -0.117. The van der Waals surface area contributed by atoms with E-state index in [1.165, 1.54) is 0 Å². The Balaban J connectivity index is 1.61. The number of amides is 3. The second-order valence-electron chi connectivity index (χ2n) is 6.72. The molecule has 1 fully saturated rings. The molecule has 25 heavy (non-hydrogen) atoms. The van der Waals surface area contributed by atoms with Gasteiger partial charge in [-0.25, -0.2) is 4.79 Å². The summed E-state index contributed by atoms with van der Waals surface area (Å²) in [6.45, 7) is 6.48. The molecule has 1 aliphatic heterocycles. The number of urea groups is 1. The molecule has 0 saturated carbocycles. The number of nitrogens with zero attached hydrogens (tertiary/aromatic N) is 1. The molecular formula is C20H23N3O2. The Hall–Kier alpha value is -2.82. The Morgan fingerprint density at radius 1 is 1.00 bits per heavy atom. The van der Waals surface area contributed by atoms with Crippen LogP contribution < -0.4 is 15.5 Å². The molecule has 0 spiro atoms. The maximum atomic E-state index is 12.3. The van der Waals surface area contributed by atoms with E-state index in [9.17, 15) is 9.59 Å². The molecule has 5 nitrogen and oxygen atoms in total. The van der Waals surface area contributed by atoms with E-state index >= 15 is 0 Å². The van der Waals surface area contributed by atoms with Gasteiger partial charge in [0.15, 0.2) is 0 Å². The molecule has 3 amide bonds. The minimum absolute atomic E-state index is 0.0283. The van der Waals surface area contributed by atoms with Crippen molar-refractivity contribution in [1.29, 1.82) is 0 Å². The van der Waals surface area contributed by atoms with Crippen molar-refractivity contribution >= 4 is 23.3 Å². The van der Waals surface area contributed by atoms with Crippen LogP contribution in [0.4, 0.5) is 16.2 Å². The largest absolute Gasteiger partial charge is 0.333 e. The predicted molar refractivity (Wildman–Crippen MR) is 100 cm³/mol. The number of aryl methyl sites for hydroxylation is 3. The fraction of sp³-hybridized carbons (Fsp3) is 0.300. The van der Waals surface area contributed by atoms with Crippen molar-refractivity contribution < 1.29 is 9.59 Å². The molecule has 0 aromatic heterocycles. The van der Waals surface area contributed by atoms with Crippen molar-refractivity contribution in [3.8, 4) is 0 Å². The number of hydrogen-bond acceptors (Lipinski definition) is 2. The molecule has 1 aliphatic rings. The summed E-state index contributed by atoms with van der Waals surface area (Å²) < 4.78 is 0. The third-order valence-electron chi connectivity index (χ3n) is 4.29. The van der Waals surface area contributed by atoms with Gasteiger partial charge in [0.25, 0.3) is 0 Å². The van der Waals surface area contributed by atoms with Crippen LogP contribution in [0.1, 0.15) is 23.1 Å². The smallest absolute Gasteiger partial charge is 0.319 e. The van der Waals surface area contributed by atoms with Crippen LogP contribution in [0, 0.1) is 20.8 Å². The van der Waals surface area contributed by atoms with E-state index in [2.05, 4.69) is 16.7 Å². The molecule has 1 atom stereocenters. The Kier molecular flexibility index (Phi) is 4.74. The second-order valence-corrected chi connectivity index (χ2v) is 6.72. The topological polar surface area (TPSA) is 61.4 Å². The van der Waals surface area contributed by atoms with Gasteiger partial charge in [0.05, 0.1) is 6.04 Å². The summed E-state index contributed by atoms with van der Waals surface area (Å²) in [7, 11) is 0. The maximum absolute atomic E-state index is 12.3. The summed E-state index contributed by atoms with van der Waals surface area (Å²) in [6, 6.07) is 13.3. The molecule has 0 bridgehead atoms. The van der Waals surface area contributed by atoms with Crippen LogP contribution in [-0.4, -0.2) is 24.5 Å². The zero-order valence-electron chi connectivity index (χ0n) is 14.8. The Morgan fingerprint density at radius 2 is 1.64 bits per heavy atom. The average Bonchev–Trinajstić information content (AvgIpc) is 2.87. The molecular weight excluding hydrogens is 314 g/mol. The molecule has 0 radical (unpaired) electrons. The van der Waals surface area contributed by atoms with Crippen molar-refractivity contribution in [2.75, 3.05) is 16.8 Å². The molecule has 130 valence electrons. The van der Waals surface area contributed by atoms with Gasteiger partial charge in [-0.2, -0.15) is 0 Å². The van der Waals surface area contributed by atoms with Gasteiger partial charge in [-0.3, -0.25) is 4.79 Å². The molecule has 5 heteroatoms. The van der Waals surface area contributed by atoms with Crippen molar-refractivity contribution in [3.63, 3.8) is 0 Å². The van der Waals surface area contributed by atoms with Crippen LogP contribution in [0.3, 0.4) is 0 Å². The molecule has 1 heterocycles. The number of carbonyl (C=O) groups is 2. The first-order chi connectivity index (χ1) is 11.9. The SMILES string of the molecule is Cc1ccc(N2C[C@@H](NC(=O)Nc3cc(C)cc(C)c3)CC2=O)cc1. The van der Waals surface area contributed by atoms with Crippen molar-refractivity contribution in [1.82, 2.24) is 5.32 Å². The maximum Gasteiger partial charge on any atom is 0.319 e. The van der Waals surface area contributed by atoms with Crippen LogP contribution in [0.2, 0.25) is 0 Å². The van der Waals surface area contributed by atoms with Gasteiger partial charge >= 0.3 is 6.03 Å². The fourth-order valence-corrected chi connectivity index (χ4v) is 3.18. The minimum Gasteiger partial charge on any atom is -0.333 e. The summed E-state index contributed by atoms with van der Waals surface area (Å²) in [4.78, 5) is 26.2. The first kappa shape index (κ1) is 17.0. The van der Waals surface area contributed by atoms with E-state index in [4.69, 9.17) is 0 Å². The molecule has 1 saturated heterocycles. The first-order valence-electron chi connectivity index (χ1n) is 8.43. The number of benzene rings is 2. The molecule has 2 aromatic carbocycles. The molecule has 2 aromatic rings. The molecule has 0 aliphatic carbocycles. The highest BCUT2D eigenvalue weighted by Crippen LogP contribution is 2.22. The van der Waals surface area contributed by atoms with Crippen molar-refractivity contribution in [2.45, 2.75) is 33.2 Å². The lowest BCUT2D eigenvalue weighted by Crippen LogP contribution is -2.39. The molecule has 2 N–H and O–H groups in total. The van der Waals surface area contributed by atoms with Gasteiger partial charge in [0.2, 0.25) is 5.91 Å². The highest BCUT2D eigenvalue weighted by molar-refractivity contribution is 5.97. The Labute approximate surface area is 148 Å². The van der Waals surface area contributed by atoms with Crippen LogP contribution in [-0.2, 0) is 4.79 Å². The highest BCUT2D eigenvalue weighted by atomic mass is 16.2. The van der Waals surface area contributed by atoms with Crippen molar-refractivity contribution in [3.05, 3.63) is 59.2 Å². The monoisotopic (exact) mass is 337 g/mol. The number of hydrogen-bond donors (Lipinski definition) is 2. The number of anilines is 2. The lowest BCUT2D eigenvalue weighted by atomic mass is 10.1. The fourth-order valence-electron chi connectivity index (χ4n) is 3.18. The summed E-state index contributed by atoms with van der Waals surface area (Å²) in [5, 5.41) is 5.74. The van der Waals surface area contributed by atoms with Crippen LogP contribution in [0.25, 0.3) is 0 Å². The van der Waals surface area contributed by atoms with Gasteiger partial charge in [-0.15, -0.1) is 0 Å². The first-order valence-corrected chi connectivity index (χ1v) is 8.43. The van der Waals surface area contributed by atoms with E-state index in [0.717, 1.165) is 28.1 Å². The van der Waals surface area contributed by atoms with E-state index in [1.54, 1.807) is 4.90 Å². The van der Waals surface area contributed by atoms with Gasteiger partial charge in [0.1, 0.15) is 0 Å². The van der Waals surface area contributed by atoms with E-state index in [0.29, 0.717) is 13.0 Å². The van der Waals surface area contributed by atoms with E-state index < -0.39 is 0 Å². The van der Waals surface area contributed by atoms with Crippen LogP contribution in [0.5, 0.6) is 0 Å². The summed E-state index contributed by atoms with van der Waals surface area (Å²) in [5.41, 5.74) is 4.97. The highest BCUT2D eigenvalue weighted by Gasteiger charge is 2.31. The van der Waals surface area contributed by atoms with Gasteiger partial charge < -0.3 is 15.5 Å². The zero-order valence-corrected chi connectivity index (χ0v) is 14.8. The van der Waals surface area contributed by atoms with Gasteiger partial charge in [-0.05, 0) is 56.2 Å². The van der Waals surface area contributed by atoms with Crippen LogP contribution >= 0.6 is 0 Å². The summed E-state index contributed by atoms with van der Waals surface area (Å²) in [6.07, 6.45) is 0.314. The lowest BCUT2D eigenvalue weighted by Gasteiger charge is -2.17. The summed E-state index contributed by atoms with van der Waals surface area (Å²) >= 11 is 0. The number of rotatable bonds is 3. The quantitative estimate of drug-likeness (QED) is 0.900. The van der Waals surface area contributed by atoms with Crippen molar-refractivity contribution in [2.24, 2.45) is 0 Å². The third kappa shape index (κ3) is 4.18.